The molecule has 1 aromatic carbocycles. The van der Waals surface area contributed by atoms with Crippen LogP contribution in [0.2, 0.25) is 0 Å². The van der Waals surface area contributed by atoms with Crippen LogP contribution in [0.3, 0.4) is 0 Å². The number of H-pyrrole nitrogens is 1. The predicted molar refractivity (Wildman–Crippen MR) is 107 cm³/mol. The summed E-state index contributed by atoms with van der Waals surface area (Å²) in [6, 6.07) is 8.04. The maximum Gasteiger partial charge on any atom is 0.266 e. The number of methoxy groups -OCH3 is 2. The van der Waals surface area contributed by atoms with E-state index >= 15 is 0 Å². The number of rotatable bonds is 6. The van der Waals surface area contributed by atoms with Crippen LogP contribution >= 0.6 is 0 Å². The van der Waals surface area contributed by atoms with Crippen LogP contribution in [-0.2, 0) is 0 Å². The van der Waals surface area contributed by atoms with Crippen LogP contribution in [0.1, 0.15) is 31.9 Å². The third-order valence-corrected chi connectivity index (χ3v) is 4.58. The molecular formula is C21H26N4O4. The number of ether oxygens (including phenoxy) is 2. The number of pyridine rings is 1. The van der Waals surface area contributed by atoms with Gasteiger partial charge in [0.2, 0.25) is 0 Å². The van der Waals surface area contributed by atoms with Crippen molar-refractivity contribution in [2.45, 2.75) is 20.8 Å². The number of aromatic amines is 1. The zero-order valence-corrected chi connectivity index (χ0v) is 17.4. The second-order valence-corrected chi connectivity index (χ2v) is 6.01. The first-order chi connectivity index (χ1) is 13.9. The first kappa shape index (κ1) is 23.5. The van der Waals surface area contributed by atoms with E-state index in [1.165, 1.54) is 46.0 Å². The number of nitrogens with zero attached hydrogens (tertiary/aromatic N) is 2. The van der Waals surface area contributed by atoms with Gasteiger partial charge in [-0.25, -0.2) is 0 Å². The molecule has 0 saturated heterocycles. The highest BCUT2D eigenvalue weighted by molar-refractivity contribution is 5.79. The fourth-order valence-corrected chi connectivity index (χ4v) is 2.82. The van der Waals surface area contributed by atoms with Gasteiger partial charge in [0.15, 0.2) is 11.5 Å². The summed E-state index contributed by atoms with van der Waals surface area (Å²) in [5.74, 6) is -0.0488. The molecule has 2 aromatic rings. The van der Waals surface area contributed by atoms with Gasteiger partial charge in [0.1, 0.15) is 17.7 Å². The summed E-state index contributed by atoms with van der Waals surface area (Å²) < 4.78 is 10.3. The summed E-state index contributed by atoms with van der Waals surface area (Å²) in [6.07, 6.45) is 0. The van der Waals surface area contributed by atoms with E-state index in [1.807, 2.05) is 4.98 Å². The van der Waals surface area contributed by atoms with Crippen molar-refractivity contribution in [3.8, 4) is 40.6 Å². The van der Waals surface area contributed by atoms with Gasteiger partial charge in [0.25, 0.3) is 5.56 Å². The minimum atomic E-state index is -0.837. The molecule has 0 aliphatic rings. The van der Waals surface area contributed by atoms with Gasteiger partial charge in [-0.05, 0) is 44.3 Å². The number of nitrogens with one attached hydrogen (secondary N) is 2. The molecule has 0 spiro atoms. The Labute approximate surface area is 170 Å². The standard InChI is InChI=1S/C15H11N3O4.C6H15N/c1-21-11-4-3-8(5-12(11)22-2)13-9(6-16)14(19)18-15(20)10(13)7-17;1-4-7(5-2)6-3/h3-5H,1-2H3,(H2,18,19,20);4-6H2,1-3H3. The molecule has 8 nitrogen and oxygen atoms in total. The van der Waals surface area contributed by atoms with Crippen molar-refractivity contribution in [2.24, 2.45) is 0 Å². The topological polar surface area (TPSA) is 126 Å². The Morgan fingerprint density at radius 1 is 1.00 bits per heavy atom. The molecule has 2 rings (SSSR count). The fourth-order valence-electron chi connectivity index (χ4n) is 2.82. The summed E-state index contributed by atoms with van der Waals surface area (Å²) in [7, 11) is 2.89. The summed E-state index contributed by atoms with van der Waals surface area (Å²) in [4.78, 5) is 15.4. The highest BCUT2D eigenvalue weighted by Gasteiger charge is 2.17. The molecule has 1 heterocycles. The van der Waals surface area contributed by atoms with Crippen molar-refractivity contribution in [3.63, 3.8) is 0 Å². The number of aromatic nitrogens is 1. The number of hydrogen-bond acceptors (Lipinski definition) is 6. The average Bonchev–Trinajstić information content (AvgIpc) is 2.74. The highest BCUT2D eigenvalue weighted by atomic mass is 16.5. The van der Waals surface area contributed by atoms with Gasteiger partial charge in [-0.1, -0.05) is 6.07 Å². The predicted octanol–water partition coefficient (Wildman–Crippen LogP) is 0.807. The minimum Gasteiger partial charge on any atom is -0.859 e. The van der Waals surface area contributed by atoms with E-state index in [-0.39, 0.29) is 16.7 Å². The normalized spacial score (nSPS) is 9.79. The third kappa shape index (κ3) is 5.50. The summed E-state index contributed by atoms with van der Waals surface area (Å²) in [5.41, 5.74) is -1.11. The summed E-state index contributed by atoms with van der Waals surface area (Å²) >= 11 is 0. The zero-order valence-electron chi connectivity index (χ0n) is 17.4. The SMILES string of the molecule is CC[NH+](CC)CC.COc1ccc(-c2c(C#N)c([O-])[nH]c(=O)c2C#N)cc1OC. The van der Waals surface area contributed by atoms with Crippen molar-refractivity contribution in [1.29, 1.82) is 10.5 Å². The molecule has 1 aromatic heterocycles. The Hall–Kier alpha value is -3.49. The quantitative estimate of drug-likeness (QED) is 0.741. The largest absolute Gasteiger partial charge is 0.859 e. The van der Waals surface area contributed by atoms with Crippen LogP contribution < -0.4 is 25.0 Å². The van der Waals surface area contributed by atoms with Gasteiger partial charge in [-0.2, -0.15) is 10.5 Å². The lowest BCUT2D eigenvalue weighted by Gasteiger charge is -2.15. The van der Waals surface area contributed by atoms with E-state index in [0.717, 1.165) is 0 Å². The molecular weight excluding hydrogens is 372 g/mol. The maximum absolute atomic E-state index is 11.8. The molecule has 0 aliphatic heterocycles. The lowest BCUT2D eigenvalue weighted by molar-refractivity contribution is -0.894. The van der Waals surface area contributed by atoms with Crippen LogP contribution in [0.5, 0.6) is 17.4 Å². The molecule has 0 bridgehead atoms. The van der Waals surface area contributed by atoms with Gasteiger partial charge in [-0.3, -0.25) is 4.79 Å². The summed E-state index contributed by atoms with van der Waals surface area (Å²) in [5, 5.41) is 30.1. The van der Waals surface area contributed by atoms with Crippen molar-refractivity contribution in [1.82, 2.24) is 4.98 Å². The molecule has 0 aliphatic carbocycles. The minimum absolute atomic E-state index is 0.0142. The second kappa shape index (κ2) is 11.4. The Balaban J connectivity index is 0.000000516. The number of quaternary nitrogens is 1. The molecule has 2 N–H and O–H groups in total. The average molecular weight is 398 g/mol. The fraction of sp³-hybridized carbons (Fsp3) is 0.381. The molecule has 8 heteroatoms. The molecule has 154 valence electrons. The van der Waals surface area contributed by atoms with Crippen LogP contribution in [0, 0.1) is 22.7 Å². The third-order valence-electron chi connectivity index (χ3n) is 4.58. The van der Waals surface area contributed by atoms with E-state index < -0.39 is 11.4 Å². The molecule has 0 fully saturated rings. The van der Waals surface area contributed by atoms with Crippen molar-refractivity contribution in [3.05, 3.63) is 39.7 Å². The molecule has 0 saturated carbocycles. The van der Waals surface area contributed by atoms with Gasteiger partial charge in [-0.15, -0.1) is 0 Å². The van der Waals surface area contributed by atoms with E-state index in [0.29, 0.717) is 17.1 Å². The van der Waals surface area contributed by atoms with Gasteiger partial charge < -0.3 is 24.5 Å². The van der Waals surface area contributed by atoms with Gasteiger partial charge in [0, 0.05) is 5.56 Å². The smallest absolute Gasteiger partial charge is 0.266 e. The molecule has 0 atom stereocenters. The van der Waals surface area contributed by atoms with E-state index in [9.17, 15) is 9.90 Å². The Kier molecular flexibility index (Phi) is 9.24. The van der Waals surface area contributed by atoms with Crippen LogP contribution in [0.15, 0.2) is 23.0 Å². The van der Waals surface area contributed by atoms with Gasteiger partial charge in [0.05, 0.1) is 39.4 Å². The monoisotopic (exact) mass is 398 g/mol. The zero-order chi connectivity index (χ0) is 22.0. The van der Waals surface area contributed by atoms with E-state index in [2.05, 4.69) is 20.8 Å². The Bertz CT molecular complexity index is 961. The van der Waals surface area contributed by atoms with Crippen molar-refractivity contribution >= 4 is 0 Å². The number of hydrogen-bond donors (Lipinski definition) is 2. The molecule has 0 unspecified atom stereocenters. The first-order valence-corrected chi connectivity index (χ1v) is 9.25. The first-order valence-electron chi connectivity index (χ1n) is 9.25. The van der Waals surface area contributed by atoms with Gasteiger partial charge >= 0.3 is 0 Å². The summed E-state index contributed by atoms with van der Waals surface area (Å²) in [6.45, 7) is 10.5. The molecule has 29 heavy (non-hydrogen) atoms. The lowest BCUT2D eigenvalue weighted by Crippen LogP contribution is -3.11. The number of nitriles is 2. The number of benzene rings is 1. The van der Waals surface area contributed by atoms with Crippen LogP contribution in [0.25, 0.3) is 11.1 Å². The van der Waals surface area contributed by atoms with Crippen LogP contribution in [-0.4, -0.2) is 38.8 Å². The van der Waals surface area contributed by atoms with Crippen molar-refractivity contribution in [2.75, 3.05) is 33.9 Å². The Morgan fingerprint density at radius 3 is 1.97 bits per heavy atom. The van der Waals surface area contributed by atoms with E-state index in [4.69, 9.17) is 20.0 Å². The Morgan fingerprint density at radius 2 is 1.55 bits per heavy atom. The lowest BCUT2D eigenvalue weighted by atomic mass is 9.96. The second-order valence-electron chi connectivity index (χ2n) is 6.01. The molecule has 0 radical (unpaired) electrons. The van der Waals surface area contributed by atoms with Crippen molar-refractivity contribution < 1.29 is 19.5 Å². The maximum atomic E-state index is 11.8. The molecule has 0 amide bonds. The highest BCUT2D eigenvalue weighted by Crippen LogP contribution is 2.35. The van der Waals surface area contributed by atoms with Crippen LogP contribution in [0.4, 0.5) is 0 Å². The van der Waals surface area contributed by atoms with E-state index in [1.54, 1.807) is 23.1 Å².